The normalized spacial score (nSPS) is 12.2. The lowest BCUT2D eigenvalue weighted by Gasteiger charge is -2.34. The van der Waals surface area contributed by atoms with Gasteiger partial charge in [-0.05, 0) is 63.1 Å². The minimum absolute atomic E-state index is 0.0141. The number of carbonyl (C=O) groups is 4. The third-order valence-electron chi connectivity index (χ3n) is 5.86. The fourth-order valence-electron chi connectivity index (χ4n) is 4.03. The number of nitrogens with zero attached hydrogens (tertiary/aromatic N) is 1. The number of esters is 1. The summed E-state index contributed by atoms with van der Waals surface area (Å²) in [4.78, 5) is 53.7. The summed E-state index contributed by atoms with van der Waals surface area (Å²) in [6.45, 7) is 10.7. The number of rotatable bonds is 13. The Morgan fingerprint density at radius 2 is 1.74 bits per heavy atom. The van der Waals surface area contributed by atoms with Crippen LogP contribution >= 0.6 is 0 Å². The topological polar surface area (TPSA) is 134 Å². The summed E-state index contributed by atoms with van der Waals surface area (Å²) in [5.41, 5.74) is 0.864. The van der Waals surface area contributed by atoms with Crippen molar-refractivity contribution in [3.8, 4) is 18.1 Å². The highest BCUT2D eigenvalue weighted by Crippen LogP contribution is 2.24. The van der Waals surface area contributed by atoms with Crippen molar-refractivity contribution in [2.45, 2.75) is 58.2 Å². The van der Waals surface area contributed by atoms with Gasteiger partial charge < -0.3 is 30.1 Å². The van der Waals surface area contributed by atoms with Crippen LogP contribution in [0.3, 0.4) is 0 Å². The largest absolute Gasteiger partial charge is 0.508 e. The van der Waals surface area contributed by atoms with Gasteiger partial charge in [0, 0.05) is 25.1 Å². The second kappa shape index (κ2) is 15.9. The fourth-order valence-corrected chi connectivity index (χ4v) is 4.03. The van der Waals surface area contributed by atoms with Crippen LogP contribution in [0.15, 0.2) is 61.2 Å². The number of benzene rings is 2. The molecule has 0 aromatic heterocycles. The van der Waals surface area contributed by atoms with E-state index in [-0.39, 0.29) is 38.3 Å². The van der Waals surface area contributed by atoms with E-state index >= 15 is 0 Å². The highest BCUT2D eigenvalue weighted by atomic mass is 16.6. The lowest BCUT2D eigenvalue weighted by Crippen LogP contribution is -2.54. The summed E-state index contributed by atoms with van der Waals surface area (Å²) in [5, 5.41) is 15.1. The number of hydrogen-bond donors (Lipinski definition) is 3. The van der Waals surface area contributed by atoms with Gasteiger partial charge in [0.05, 0.1) is 13.0 Å². The fraction of sp³-hybridized carbons (Fsp3) is 0.375. The van der Waals surface area contributed by atoms with Gasteiger partial charge in [-0.2, -0.15) is 0 Å². The summed E-state index contributed by atoms with van der Waals surface area (Å²) in [6.07, 6.45) is 6.15. The van der Waals surface area contributed by atoms with Crippen LogP contribution in [0, 0.1) is 12.3 Å². The minimum atomic E-state index is -1.16. The predicted octanol–water partition coefficient (Wildman–Crippen LogP) is 3.63. The van der Waals surface area contributed by atoms with Gasteiger partial charge in [-0.15, -0.1) is 13.0 Å². The van der Waals surface area contributed by atoms with Crippen molar-refractivity contribution in [1.29, 1.82) is 0 Å². The quantitative estimate of drug-likeness (QED) is 0.188. The van der Waals surface area contributed by atoms with E-state index in [4.69, 9.17) is 15.9 Å². The molecule has 3 amide bonds. The van der Waals surface area contributed by atoms with E-state index in [2.05, 4.69) is 23.1 Å². The van der Waals surface area contributed by atoms with E-state index < -0.39 is 41.6 Å². The molecule has 42 heavy (non-hydrogen) atoms. The molecular formula is C32H39N3O7. The monoisotopic (exact) mass is 577 g/mol. The zero-order valence-electron chi connectivity index (χ0n) is 24.5. The summed E-state index contributed by atoms with van der Waals surface area (Å²) in [5.74, 6) is 0.961. The molecule has 0 saturated carbocycles. The lowest BCUT2D eigenvalue weighted by molar-refractivity contribution is -0.144. The molecule has 2 unspecified atom stereocenters. The minimum Gasteiger partial charge on any atom is -0.508 e. The standard InChI is InChI=1S/C32H39N3O7/c1-7-20-35(28(24-14-10-22(8-2)11-15-24)29(38)33-19-18-27(37)41-9-3)30(39)26(34-31(40)42-32(4,5)6)21-23-12-16-25(36)17-13-23/h2,7,10-17,26,28,36H,1,9,18-21H2,3-6H3,(H,33,38)(H,34,40). The third-order valence-corrected chi connectivity index (χ3v) is 5.86. The number of carbonyl (C=O) groups excluding carboxylic acids is 4. The molecule has 0 aliphatic rings. The Morgan fingerprint density at radius 3 is 2.29 bits per heavy atom. The molecule has 2 rings (SSSR count). The number of terminal acetylenes is 1. The van der Waals surface area contributed by atoms with E-state index in [1.807, 2.05) is 0 Å². The van der Waals surface area contributed by atoms with E-state index in [1.54, 1.807) is 64.1 Å². The second-order valence-corrected chi connectivity index (χ2v) is 10.4. The Bertz CT molecular complexity index is 1280. The van der Waals surface area contributed by atoms with E-state index in [0.29, 0.717) is 16.7 Å². The van der Waals surface area contributed by atoms with Gasteiger partial charge in [0.2, 0.25) is 11.8 Å². The van der Waals surface area contributed by atoms with E-state index in [0.717, 1.165) is 0 Å². The Kier molecular flexibility index (Phi) is 12.6. The number of nitrogens with one attached hydrogen (secondary N) is 2. The van der Waals surface area contributed by atoms with Crippen LogP contribution in [0.25, 0.3) is 0 Å². The average Bonchev–Trinajstić information content (AvgIpc) is 2.92. The molecule has 0 heterocycles. The maximum absolute atomic E-state index is 14.2. The van der Waals surface area contributed by atoms with Gasteiger partial charge in [-0.1, -0.05) is 36.3 Å². The van der Waals surface area contributed by atoms with E-state index in [1.165, 1.54) is 23.1 Å². The van der Waals surface area contributed by atoms with Crippen molar-refractivity contribution >= 4 is 23.9 Å². The Balaban J connectivity index is 2.49. The molecule has 10 heteroatoms. The molecule has 2 atom stereocenters. The van der Waals surface area contributed by atoms with Crippen molar-refractivity contribution in [2.75, 3.05) is 19.7 Å². The molecule has 0 bridgehead atoms. The number of amides is 3. The zero-order chi connectivity index (χ0) is 31.3. The molecule has 0 aliphatic carbocycles. The Labute approximate surface area is 247 Å². The highest BCUT2D eigenvalue weighted by Gasteiger charge is 2.36. The molecule has 224 valence electrons. The number of aromatic hydroxyl groups is 1. The van der Waals surface area contributed by atoms with Gasteiger partial charge in [0.15, 0.2) is 0 Å². The first-order chi connectivity index (χ1) is 19.9. The molecule has 10 nitrogen and oxygen atoms in total. The number of alkyl carbamates (subject to hydrolysis) is 1. The molecule has 0 spiro atoms. The van der Waals surface area contributed by atoms with Gasteiger partial charge in [-0.25, -0.2) is 4.79 Å². The zero-order valence-corrected chi connectivity index (χ0v) is 24.5. The van der Waals surface area contributed by atoms with E-state index in [9.17, 15) is 24.3 Å². The first-order valence-corrected chi connectivity index (χ1v) is 13.6. The average molecular weight is 578 g/mol. The van der Waals surface area contributed by atoms with Crippen LogP contribution in [0.1, 0.15) is 56.8 Å². The number of phenols is 1. The highest BCUT2D eigenvalue weighted by molar-refractivity contribution is 5.92. The van der Waals surface area contributed by atoms with Crippen LogP contribution in [-0.4, -0.2) is 65.2 Å². The van der Waals surface area contributed by atoms with Crippen molar-refractivity contribution in [2.24, 2.45) is 0 Å². The molecular weight excluding hydrogens is 538 g/mol. The van der Waals surface area contributed by atoms with Crippen LogP contribution in [0.5, 0.6) is 5.75 Å². The summed E-state index contributed by atoms with van der Waals surface area (Å²) in [7, 11) is 0. The Morgan fingerprint density at radius 1 is 1.10 bits per heavy atom. The molecule has 0 radical (unpaired) electrons. The predicted molar refractivity (Wildman–Crippen MR) is 158 cm³/mol. The molecule has 3 N–H and O–H groups in total. The van der Waals surface area contributed by atoms with Crippen molar-refractivity contribution in [3.05, 3.63) is 77.9 Å². The van der Waals surface area contributed by atoms with Gasteiger partial charge >= 0.3 is 12.1 Å². The summed E-state index contributed by atoms with van der Waals surface area (Å²) < 4.78 is 10.3. The van der Waals surface area contributed by atoms with Crippen LogP contribution in [0.4, 0.5) is 4.79 Å². The summed E-state index contributed by atoms with van der Waals surface area (Å²) >= 11 is 0. The van der Waals surface area contributed by atoms with Crippen molar-refractivity contribution in [1.82, 2.24) is 15.5 Å². The van der Waals surface area contributed by atoms with Gasteiger partial charge in [0.1, 0.15) is 23.4 Å². The van der Waals surface area contributed by atoms with Crippen molar-refractivity contribution < 1.29 is 33.8 Å². The molecule has 0 saturated heterocycles. The second-order valence-electron chi connectivity index (χ2n) is 10.4. The maximum atomic E-state index is 14.2. The first-order valence-electron chi connectivity index (χ1n) is 13.6. The number of hydrogen-bond acceptors (Lipinski definition) is 7. The maximum Gasteiger partial charge on any atom is 0.408 e. The lowest BCUT2D eigenvalue weighted by atomic mass is 9.99. The van der Waals surface area contributed by atoms with Crippen molar-refractivity contribution in [3.63, 3.8) is 0 Å². The molecule has 2 aromatic rings. The van der Waals surface area contributed by atoms with Gasteiger partial charge in [0.25, 0.3) is 0 Å². The summed E-state index contributed by atoms with van der Waals surface area (Å²) in [6, 6.07) is 10.5. The smallest absolute Gasteiger partial charge is 0.408 e. The van der Waals surface area contributed by atoms with Crippen LogP contribution in [-0.2, 0) is 30.3 Å². The SMILES string of the molecule is C#Cc1ccc(C(C(=O)NCCC(=O)OCC)N(CC=C)C(=O)C(Cc2ccc(O)cc2)NC(=O)OC(C)(C)C)cc1. The van der Waals surface area contributed by atoms with Crippen LogP contribution < -0.4 is 10.6 Å². The molecule has 0 aliphatic heterocycles. The number of ether oxygens (including phenoxy) is 2. The Hall–Kier alpha value is -4.78. The van der Waals surface area contributed by atoms with Gasteiger partial charge in [-0.3, -0.25) is 14.4 Å². The molecule has 0 fully saturated rings. The first kappa shape index (κ1) is 33.4. The number of phenolic OH excluding ortho intramolecular Hbond substituents is 1. The third kappa shape index (κ3) is 10.7. The van der Waals surface area contributed by atoms with Crippen LogP contribution in [0.2, 0.25) is 0 Å². The molecule has 2 aromatic carbocycles.